The van der Waals surface area contributed by atoms with Crippen molar-refractivity contribution in [3.05, 3.63) is 64.7 Å². The fourth-order valence-electron chi connectivity index (χ4n) is 2.25. The summed E-state index contributed by atoms with van der Waals surface area (Å²) >= 11 is 5.88. The maximum Gasteiger partial charge on any atom is 0.317 e. The SMILES string of the molecule is COc1cccc(CN(C)C(=O)NC(C)c2ccc(Cl)cc2)c1. The van der Waals surface area contributed by atoms with Crippen LogP contribution < -0.4 is 10.1 Å². The molecule has 0 saturated heterocycles. The van der Waals surface area contributed by atoms with E-state index in [9.17, 15) is 4.79 Å². The van der Waals surface area contributed by atoms with Gasteiger partial charge in [0.15, 0.2) is 0 Å². The summed E-state index contributed by atoms with van der Waals surface area (Å²) in [4.78, 5) is 14.0. The third-order valence-electron chi connectivity index (χ3n) is 3.61. The second kappa shape index (κ2) is 7.88. The van der Waals surface area contributed by atoms with Crippen molar-refractivity contribution < 1.29 is 9.53 Å². The van der Waals surface area contributed by atoms with Gasteiger partial charge in [-0.05, 0) is 42.3 Å². The van der Waals surface area contributed by atoms with Crippen LogP contribution in [0.5, 0.6) is 5.75 Å². The molecule has 0 aliphatic carbocycles. The molecule has 4 nitrogen and oxygen atoms in total. The second-order valence-electron chi connectivity index (χ2n) is 5.43. The highest BCUT2D eigenvalue weighted by atomic mass is 35.5. The Labute approximate surface area is 142 Å². The molecule has 0 aliphatic rings. The molecule has 0 spiro atoms. The molecule has 1 N–H and O–H groups in total. The molecule has 0 bridgehead atoms. The summed E-state index contributed by atoms with van der Waals surface area (Å²) in [5.74, 6) is 0.783. The van der Waals surface area contributed by atoms with Crippen molar-refractivity contribution >= 4 is 17.6 Å². The Morgan fingerprint density at radius 3 is 2.61 bits per heavy atom. The van der Waals surface area contributed by atoms with Crippen LogP contribution in [0.1, 0.15) is 24.1 Å². The minimum absolute atomic E-state index is 0.0903. The largest absolute Gasteiger partial charge is 0.497 e. The molecule has 0 saturated carbocycles. The fraction of sp³-hybridized carbons (Fsp3) is 0.278. The molecule has 0 fully saturated rings. The van der Waals surface area contributed by atoms with Gasteiger partial charge in [0.2, 0.25) is 0 Å². The van der Waals surface area contributed by atoms with E-state index in [2.05, 4.69) is 5.32 Å². The van der Waals surface area contributed by atoms with Gasteiger partial charge in [-0.15, -0.1) is 0 Å². The topological polar surface area (TPSA) is 41.6 Å². The fourth-order valence-corrected chi connectivity index (χ4v) is 2.37. The summed E-state index contributed by atoms with van der Waals surface area (Å²) in [5, 5.41) is 3.66. The predicted molar refractivity (Wildman–Crippen MR) is 92.9 cm³/mol. The molecule has 0 aliphatic heterocycles. The minimum atomic E-state index is -0.129. The second-order valence-corrected chi connectivity index (χ2v) is 5.87. The Kier molecular flexibility index (Phi) is 5.88. The lowest BCUT2D eigenvalue weighted by molar-refractivity contribution is 0.203. The van der Waals surface area contributed by atoms with E-state index in [1.807, 2.05) is 55.5 Å². The molecular weight excluding hydrogens is 312 g/mol. The van der Waals surface area contributed by atoms with Crippen molar-refractivity contribution in [2.75, 3.05) is 14.2 Å². The van der Waals surface area contributed by atoms with E-state index < -0.39 is 0 Å². The monoisotopic (exact) mass is 332 g/mol. The van der Waals surface area contributed by atoms with Crippen molar-refractivity contribution in [1.29, 1.82) is 0 Å². The van der Waals surface area contributed by atoms with E-state index in [4.69, 9.17) is 16.3 Å². The van der Waals surface area contributed by atoms with E-state index in [1.54, 1.807) is 19.1 Å². The van der Waals surface area contributed by atoms with Gasteiger partial charge >= 0.3 is 6.03 Å². The van der Waals surface area contributed by atoms with Crippen LogP contribution in [0.2, 0.25) is 5.02 Å². The number of nitrogens with one attached hydrogen (secondary N) is 1. The van der Waals surface area contributed by atoms with Gasteiger partial charge in [0.25, 0.3) is 0 Å². The number of halogens is 1. The first-order valence-corrected chi connectivity index (χ1v) is 7.77. The van der Waals surface area contributed by atoms with Crippen LogP contribution in [-0.2, 0) is 6.54 Å². The zero-order chi connectivity index (χ0) is 16.8. The van der Waals surface area contributed by atoms with E-state index in [1.165, 1.54) is 0 Å². The van der Waals surface area contributed by atoms with Gasteiger partial charge in [-0.2, -0.15) is 0 Å². The number of carbonyl (C=O) groups is 1. The lowest BCUT2D eigenvalue weighted by atomic mass is 10.1. The lowest BCUT2D eigenvalue weighted by Gasteiger charge is -2.22. The quantitative estimate of drug-likeness (QED) is 0.889. The summed E-state index contributed by atoms with van der Waals surface area (Å²) in [5.41, 5.74) is 2.03. The molecule has 5 heteroatoms. The van der Waals surface area contributed by atoms with Crippen molar-refractivity contribution in [3.63, 3.8) is 0 Å². The molecule has 1 unspecified atom stereocenters. The number of rotatable bonds is 5. The molecule has 122 valence electrons. The highest BCUT2D eigenvalue weighted by Gasteiger charge is 2.13. The van der Waals surface area contributed by atoms with Crippen molar-refractivity contribution in [2.24, 2.45) is 0 Å². The standard InChI is InChI=1S/C18H21ClN2O2/c1-13(15-7-9-16(19)10-8-15)20-18(22)21(2)12-14-5-4-6-17(11-14)23-3/h4-11,13H,12H2,1-3H3,(H,20,22). The number of nitrogens with zero attached hydrogens (tertiary/aromatic N) is 1. The normalized spacial score (nSPS) is 11.7. The highest BCUT2D eigenvalue weighted by Crippen LogP contribution is 2.17. The third-order valence-corrected chi connectivity index (χ3v) is 3.86. The van der Waals surface area contributed by atoms with Gasteiger partial charge in [-0.25, -0.2) is 4.79 Å². The van der Waals surface area contributed by atoms with Gasteiger partial charge in [-0.1, -0.05) is 35.9 Å². The molecule has 2 amide bonds. The zero-order valence-corrected chi connectivity index (χ0v) is 14.3. The summed E-state index contributed by atoms with van der Waals surface area (Å²) in [6.07, 6.45) is 0. The van der Waals surface area contributed by atoms with Crippen molar-refractivity contribution in [2.45, 2.75) is 19.5 Å². The Morgan fingerprint density at radius 1 is 1.26 bits per heavy atom. The minimum Gasteiger partial charge on any atom is -0.497 e. The van der Waals surface area contributed by atoms with E-state index in [0.717, 1.165) is 16.9 Å². The summed E-state index contributed by atoms with van der Waals surface area (Å²) in [7, 11) is 3.40. The molecule has 23 heavy (non-hydrogen) atoms. The maximum absolute atomic E-state index is 12.3. The van der Waals surface area contributed by atoms with Crippen LogP contribution >= 0.6 is 11.6 Å². The maximum atomic E-state index is 12.3. The van der Waals surface area contributed by atoms with Crippen LogP contribution in [0, 0.1) is 0 Å². The van der Waals surface area contributed by atoms with E-state index in [0.29, 0.717) is 11.6 Å². The smallest absolute Gasteiger partial charge is 0.317 e. The molecule has 2 rings (SSSR count). The van der Waals surface area contributed by atoms with Crippen LogP contribution in [0.25, 0.3) is 0 Å². The number of urea groups is 1. The number of ether oxygens (including phenoxy) is 1. The van der Waals surface area contributed by atoms with E-state index >= 15 is 0 Å². The van der Waals surface area contributed by atoms with Crippen LogP contribution in [0.3, 0.4) is 0 Å². The van der Waals surface area contributed by atoms with Gasteiger partial charge in [0.05, 0.1) is 13.2 Å². The summed E-state index contributed by atoms with van der Waals surface area (Å²) < 4.78 is 5.20. The van der Waals surface area contributed by atoms with Crippen molar-refractivity contribution in [3.8, 4) is 5.75 Å². The first kappa shape index (κ1) is 17.2. The average Bonchev–Trinajstić information content (AvgIpc) is 2.55. The average molecular weight is 333 g/mol. The molecule has 2 aromatic rings. The Balaban J connectivity index is 1.95. The molecule has 0 heterocycles. The predicted octanol–water partition coefficient (Wildman–Crippen LogP) is 4.25. The Hall–Kier alpha value is -2.20. The van der Waals surface area contributed by atoms with Gasteiger partial charge < -0.3 is 15.0 Å². The lowest BCUT2D eigenvalue weighted by Crippen LogP contribution is -2.38. The first-order chi connectivity index (χ1) is 11.0. The Morgan fingerprint density at radius 2 is 1.96 bits per heavy atom. The van der Waals surface area contributed by atoms with Gasteiger partial charge in [0.1, 0.15) is 5.75 Å². The number of methoxy groups -OCH3 is 1. The van der Waals surface area contributed by atoms with Gasteiger partial charge in [-0.3, -0.25) is 0 Å². The molecular formula is C18H21ClN2O2. The van der Waals surface area contributed by atoms with Gasteiger partial charge in [0, 0.05) is 18.6 Å². The summed E-state index contributed by atoms with van der Waals surface area (Å²) in [6.45, 7) is 2.46. The molecule has 1 atom stereocenters. The van der Waals surface area contributed by atoms with Crippen LogP contribution in [0.15, 0.2) is 48.5 Å². The Bertz CT molecular complexity index is 658. The molecule has 0 aromatic heterocycles. The van der Waals surface area contributed by atoms with E-state index in [-0.39, 0.29) is 12.1 Å². The van der Waals surface area contributed by atoms with Crippen LogP contribution in [0.4, 0.5) is 4.79 Å². The number of amides is 2. The van der Waals surface area contributed by atoms with Crippen LogP contribution in [-0.4, -0.2) is 25.1 Å². The molecule has 2 aromatic carbocycles. The number of carbonyl (C=O) groups excluding carboxylic acids is 1. The summed E-state index contributed by atoms with van der Waals surface area (Å²) in [6, 6.07) is 14.9. The van der Waals surface area contributed by atoms with Crippen molar-refractivity contribution in [1.82, 2.24) is 10.2 Å². The third kappa shape index (κ3) is 4.89. The zero-order valence-electron chi connectivity index (χ0n) is 13.5. The first-order valence-electron chi connectivity index (χ1n) is 7.39. The highest BCUT2D eigenvalue weighted by molar-refractivity contribution is 6.30. The number of benzene rings is 2. The number of hydrogen-bond donors (Lipinski definition) is 1. The number of hydrogen-bond acceptors (Lipinski definition) is 2. The molecule has 0 radical (unpaired) electrons.